The molecule has 0 aromatic rings. The number of hydrogen-bond donors (Lipinski definition) is 0. The van der Waals surface area contributed by atoms with E-state index in [9.17, 15) is 4.57 Å². The molecule has 0 spiro atoms. The lowest BCUT2D eigenvalue weighted by Crippen LogP contribution is -2.16. The molecule has 0 radical (unpaired) electrons. The maximum Gasteiger partial charge on any atom is 0.110 e. The summed E-state index contributed by atoms with van der Waals surface area (Å²) in [4.78, 5) is 0. The third-order valence-corrected chi connectivity index (χ3v) is 5.36. The van der Waals surface area contributed by atoms with Crippen molar-refractivity contribution in [3.05, 3.63) is 0 Å². The lowest BCUT2D eigenvalue weighted by atomic mass is 10.0. The Balaban J connectivity index is 4.57. The van der Waals surface area contributed by atoms with Crippen LogP contribution in [0.4, 0.5) is 0 Å². The van der Waals surface area contributed by atoms with Gasteiger partial charge in [0.1, 0.15) is 7.14 Å². The Hall–Kier alpha value is 0.400. The van der Waals surface area contributed by atoms with Crippen molar-refractivity contribution < 1.29 is 4.57 Å². The molecule has 3 heteroatoms. The van der Waals surface area contributed by atoms with Crippen LogP contribution < -0.4 is 0 Å². The molecule has 10 heavy (non-hydrogen) atoms. The molecule has 0 aliphatic rings. The van der Waals surface area contributed by atoms with Gasteiger partial charge in [-0.15, -0.1) is 8.86 Å². The summed E-state index contributed by atoms with van der Waals surface area (Å²) in [5.41, 5.74) is 0.00984. The average molecular weight is 178 g/mol. The van der Waals surface area contributed by atoms with Gasteiger partial charge in [0.05, 0.1) is 0 Å². The molecule has 0 aliphatic heterocycles. The van der Waals surface area contributed by atoms with Crippen LogP contribution in [0.3, 0.4) is 0 Å². The molecule has 60 valence electrons. The van der Waals surface area contributed by atoms with Crippen LogP contribution in [0.15, 0.2) is 0 Å². The molecule has 1 nitrogen and oxygen atoms in total. The first-order chi connectivity index (χ1) is 4.15. The van der Waals surface area contributed by atoms with E-state index in [1.807, 2.05) is 0 Å². The summed E-state index contributed by atoms with van der Waals surface area (Å²) >= 11 is 0. The van der Waals surface area contributed by atoms with E-state index in [0.717, 1.165) is 5.03 Å². The molecule has 0 saturated carbocycles. The summed E-state index contributed by atoms with van der Waals surface area (Å²) in [7, 11) is 1.38. The molecule has 0 saturated heterocycles. The van der Waals surface area contributed by atoms with Crippen LogP contribution in [-0.2, 0) is 4.57 Å². The number of hydrogen-bond acceptors (Lipinski definition) is 1. The molecular weight excluding hydrogens is 162 g/mol. The Kier molecular flexibility index (Phi) is 2.91. The Labute approximate surface area is 65.8 Å². The van der Waals surface area contributed by atoms with E-state index in [4.69, 9.17) is 0 Å². The average Bonchev–Trinajstić information content (AvgIpc) is 1.59. The van der Waals surface area contributed by atoms with Gasteiger partial charge in [0.15, 0.2) is 0 Å². The van der Waals surface area contributed by atoms with Gasteiger partial charge < -0.3 is 4.57 Å². The van der Waals surface area contributed by atoms with Crippen LogP contribution in [0.5, 0.6) is 0 Å². The third-order valence-electron chi connectivity index (χ3n) is 1.25. The van der Waals surface area contributed by atoms with Crippen molar-refractivity contribution >= 4 is 21.0 Å². The zero-order valence-corrected chi connectivity index (χ0v) is 9.25. The van der Waals surface area contributed by atoms with Crippen LogP contribution in [0.1, 0.15) is 20.8 Å². The molecule has 0 fully saturated rings. The Morgan fingerprint density at radius 1 is 1.30 bits per heavy atom. The topological polar surface area (TPSA) is 17.1 Å². The van der Waals surface area contributed by atoms with E-state index in [-0.39, 0.29) is 5.41 Å². The van der Waals surface area contributed by atoms with E-state index in [2.05, 4.69) is 29.6 Å². The first-order valence-electron chi connectivity index (χ1n) is 3.30. The molecule has 0 aromatic heterocycles. The van der Waals surface area contributed by atoms with E-state index in [1.165, 1.54) is 0 Å². The Bertz CT molecular complexity index is 182. The molecular formula is C7H16OP2. The first kappa shape index (κ1) is 10.4. The third kappa shape index (κ3) is 2.99. The van der Waals surface area contributed by atoms with E-state index >= 15 is 0 Å². The van der Waals surface area contributed by atoms with Crippen LogP contribution in [-0.4, -0.2) is 18.4 Å². The van der Waals surface area contributed by atoms with Gasteiger partial charge in [0.25, 0.3) is 0 Å². The maximum atomic E-state index is 11.5. The molecule has 0 heterocycles. The molecule has 0 atom stereocenters. The smallest absolute Gasteiger partial charge is 0.110 e. The highest BCUT2D eigenvalue weighted by Crippen LogP contribution is 2.46. The molecule has 0 aromatic carbocycles. The van der Waals surface area contributed by atoms with Crippen LogP contribution in [0.25, 0.3) is 0 Å². The SMILES string of the molecule is CC(C)(C)C(=P)P(C)(C)=O. The summed E-state index contributed by atoms with van der Waals surface area (Å²) in [5, 5.41) is 0.931. The fourth-order valence-corrected chi connectivity index (χ4v) is 2.42. The molecule has 0 N–H and O–H groups in total. The van der Waals surface area contributed by atoms with Crippen molar-refractivity contribution in [2.24, 2.45) is 5.41 Å². The van der Waals surface area contributed by atoms with Crippen LogP contribution in [0, 0.1) is 5.41 Å². The van der Waals surface area contributed by atoms with Gasteiger partial charge >= 0.3 is 0 Å². The second-order valence-electron chi connectivity index (χ2n) is 3.95. The van der Waals surface area contributed by atoms with E-state index in [1.54, 1.807) is 13.3 Å². The highest BCUT2D eigenvalue weighted by Gasteiger charge is 2.25. The quantitative estimate of drug-likeness (QED) is 0.564. The van der Waals surface area contributed by atoms with Gasteiger partial charge in [-0.3, -0.25) is 0 Å². The van der Waals surface area contributed by atoms with E-state index < -0.39 is 7.14 Å². The highest BCUT2D eigenvalue weighted by atomic mass is 31.2. The largest absolute Gasteiger partial charge is 0.319 e. The maximum absolute atomic E-state index is 11.5. The van der Waals surface area contributed by atoms with E-state index in [0.29, 0.717) is 0 Å². The zero-order chi connectivity index (χ0) is 8.58. The van der Waals surface area contributed by atoms with Gasteiger partial charge in [0, 0.05) is 5.03 Å². The fourth-order valence-electron chi connectivity index (χ4n) is 0.808. The molecule has 0 bridgehead atoms. The summed E-state index contributed by atoms with van der Waals surface area (Å²) in [5.74, 6) is 0. The second kappa shape index (κ2) is 2.80. The molecule has 0 aliphatic carbocycles. The van der Waals surface area contributed by atoms with Gasteiger partial charge in [-0.25, -0.2) is 0 Å². The van der Waals surface area contributed by atoms with Crippen LogP contribution >= 0.6 is 16.0 Å². The molecule has 0 amide bonds. The molecule has 0 unspecified atom stereocenters. The lowest BCUT2D eigenvalue weighted by molar-refractivity contribution is 0.576. The van der Waals surface area contributed by atoms with Gasteiger partial charge in [-0.2, -0.15) is 0 Å². The summed E-state index contributed by atoms with van der Waals surface area (Å²) in [6.45, 7) is 9.71. The van der Waals surface area contributed by atoms with Crippen molar-refractivity contribution in [2.45, 2.75) is 20.8 Å². The Morgan fingerprint density at radius 3 is 1.60 bits per heavy atom. The predicted octanol–water partition coefficient (Wildman–Crippen LogP) is 2.93. The minimum Gasteiger partial charge on any atom is -0.319 e. The summed E-state index contributed by atoms with van der Waals surface area (Å²) in [6.07, 6.45) is 0. The van der Waals surface area contributed by atoms with Crippen LogP contribution in [0.2, 0.25) is 0 Å². The predicted molar refractivity (Wildman–Crippen MR) is 52.2 cm³/mol. The van der Waals surface area contributed by atoms with Gasteiger partial charge in [-0.1, -0.05) is 20.8 Å². The molecule has 0 rings (SSSR count). The van der Waals surface area contributed by atoms with Crippen molar-refractivity contribution in [3.8, 4) is 0 Å². The van der Waals surface area contributed by atoms with Gasteiger partial charge in [0.2, 0.25) is 0 Å². The van der Waals surface area contributed by atoms with Gasteiger partial charge in [-0.05, 0) is 18.7 Å². The Morgan fingerprint density at radius 2 is 1.60 bits per heavy atom. The van der Waals surface area contributed by atoms with Crippen molar-refractivity contribution in [3.63, 3.8) is 0 Å². The lowest BCUT2D eigenvalue weighted by Gasteiger charge is -2.23. The highest BCUT2D eigenvalue weighted by molar-refractivity contribution is 7.86. The summed E-state index contributed by atoms with van der Waals surface area (Å²) < 4.78 is 11.5. The first-order valence-corrected chi connectivity index (χ1v) is 6.40. The van der Waals surface area contributed by atoms with Crippen molar-refractivity contribution in [1.82, 2.24) is 0 Å². The minimum atomic E-state index is -2.05. The standard InChI is InChI=1S/C7H16OP2/c1-7(2,3)6(9)10(4,5)8/h9H,1-5H3. The minimum absolute atomic E-state index is 0.00984. The van der Waals surface area contributed by atoms with Crippen molar-refractivity contribution in [2.75, 3.05) is 13.3 Å². The fraction of sp³-hybridized carbons (Fsp3) is 0.857. The second-order valence-corrected chi connectivity index (χ2v) is 8.02. The zero-order valence-electron chi connectivity index (χ0n) is 7.36. The van der Waals surface area contributed by atoms with Crippen molar-refractivity contribution in [1.29, 1.82) is 0 Å². The monoisotopic (exact) mass is 178 g/mol. The normalized spacial score (nSPS) is 13.3. The summed E-state index contributed by atoms with van der Waals surface area (Å²) in [6, 6.07) is 0. The number of rotatable bonds is 1.